The lowest BCUT2D eigenvalue weighted by Crippen LogP contribution is -2.61. The number of likely N-dealkylation sites (N-methyl/N-ethyl adjacent to an activating group) is 2. The van der Waals surface area contributed by atoms with Crippen molar-refractivity contribution in [2.24, 2.45) is 0 Å². The number of piperazine rings is 2. The lowest BCUT2D eigenvalue weighted by atomic mass is 10.1. The van der Waals surface area contributed by atoms with Crippen molar-refractivity contribution < 1.29 is 28.8 Å². The average molecular weight is 492 g/mol. The van der Waals surface area contributed by atoms with Crippen molar-refractivity contribution in [1.82, 2.24) is 24.6 Å². The Labute approximate surface area is 201 Å². The highest BCUT2D eigenvalue weighted by atomic mass is 35.5. The minimum Gasteiger partial charge on any atom is -0.329 e. The summed E-state index contributed by atoms with van der Waals surface area (Å²) in [5.74, 6) is -2.35. The van der Waals surface area contributed by atoms with E-state index < -0.39 is 35.7 Å². The first-order valence-corrected chi connectivity index (χ1v) is 10.7. The highest BCUT2D eigenvalue weighted by Gasteiger charge is 2.40. The third kappa shape index (κ3) is 5.30. The van der Waals surface area contributed by atoms with E-state index in [0.29, 0.717) is 16.4 Å². The summed E-state index contributed by atoms with van der Waals surface area (Å²) in [6.45, 7) is 5.20. The van der Waals surface area contributed by atoms with Gasteiger partial charge < -0.3 is 9.80 Å². The quantitative estimate of drug-likeness (QED) is 0.414. The number of aromatic nitrogens is 1. The summed E-state index contributed by atoms with van der Waals surface area (Å²) in [7, 11) is 3.19. The molecule has 0 saturated carbocycles. The van der Waals surface area contributed by atoms with Gasteiger partial charge in [-0.1, -0.05) is 17.7 Å². The van der Waals surface area contributed by atoms with Crippen LogP contribution in [0.3, 0.4) is 0 Å². The number of hydrogen-bond donors (Lipinski definition) is 0. The van der Waals surface area contributed by atoms with Crippen LogP contribution in [0.1, 0.15) is 33.3 Å². The van der Waals surface area contributed by atoms with Crippen molar-refractivity contribution in [1.29, 1.82) is 0 Å². The van der Waals surface area contributed by atoms with Crippen molar-refractivity contribution in [3.05, 3.63) is 34.7 Å². The van der Waals surface area contributed by atoms with Crippen LogP contribution >= 0.6 is 11.6 Å². The fourth-order valence-electron chi connectivity index (χ4n) is 3.43. The van der Waals surface area contributed by atoms with Crippen molar-refractivity contribution in [2.75, 3.05) is 20.6 Å². The maximum absolute atomic E-state index is 12.2. The van der Waals surface area contributed by atoms with Crippen molar-refractivity contribution in [3.63, 3.8) is 0 Å². The molecule has 0 radical (unpaired) electrons. The molecule has 2 aliphatic rings. The predicted molar refractivity (Wildman–Crippen MR) is 122 cm³/mol. The predicted octanol–water partition coefficient (Wildman–Crippen LogP) is 0.534. The molecule has 6 amide bonds. The number of carbonyl (C=O) groups excluding carboxylic acids is 6. The monoisotopic (exact) mass is 491 g/mol. The first-order chi connectivity index (χ1) is 15.8. The summed E-state index contributed by atoms with van der Waals surface area (Å²) in [5.41, 5.74) is 0.899. The first-order valence-electron chi connectivity index (χ1n) is 10.3. The number of carbonyl (C=O) groups is 6. The molecule has 2 aliphatic heterocycles. The van der Waals surface area contributed by atoms with Crippen LogP contribution in [0, 0.1) is 0 Å². The Hall–Kier alpha value is -3.60. The van der Waals surface area contributed by atoms with Crippen molar-refractivity contribution in [3.8, 4) is 0 Å². The summed E-state index contributed by atoms with van der Waals surface area (Å²) in [6, 6.07) is 2.11. The van der Waals surface area contributed by atoms with Gasteiger partial charge in [0.05, 0.1) is 0 Å². The summed E-state index contributed by atoms with van der Waals surface area (Å²) in [6.07, 6.45) is 3.15. The van der Waals surface area contributed by atoms with E-state index in [4.69, 9.17) is 11.6 Å². The molecule has 1 aromatic heterocycles. The fraction of sp³-hybridized carbons (Fsp3) is 0.409. The van der Waals surface area contributed by atoms with Crippen LogP contribution in [-0.4, -0.2) is 92.8 Å². The fourth-order valence-corrected chi connectivity index (χ4v) is 3.61. The molecule has 0 spiro atoms. The molecule has 3 rings (SSSR count). The van der Waals surface area contributed by atoms with E-state index >= 15 is 0 Å². The molecular weight excluding hydrogens is 466 g/mol. The third-order valence-electron chi connectivity index (χ3n) is 5.54. The molecule has 0 N–H and O–H groups in total. The standard InChI is InChI=1S/C13H14ClN3O2.C9H12N2O4/c1-8-12(18)17(3)10(13(19)16(8)2)7-9-5-4-6-15-11(9)14;1-5-9(15)10(6(2)12)4-8(14)11(5)7(3)13/h4-8H,1-3H3;5H,4H2,1-3H3/b10-7+;. The number of hydrogen-bond acceptors (Lipinski definition) is 7. The SMILES string of the molecule is CC(=O)N1CC(=O)N(C(C)=O)C(C)C1=O.CC1C(=O)N(C)/C(=C/c2cccnc2Cl)C(=O)N1C. The van der Waals surface area contributed by atoms with E-state index in [0.717, 1.165) is 9.80 Å². The van der Waals surface area contributed by atoms with Gasteiger partial charge in [0.25, 0.3) is 11.8 Å². The van der Waals surface area contributed by atoms with Crippen LogP contribution < -0.4 is 0 Å². The van der Waals surface area contributed by atoms with Crippen LogP contribution in [0.4, 0.5) is 0 Å². The lowest BCUT2D eigenvalue weighted by molar-refractivity contribution is -0.165. The van der Waals surface area contributed by atoms with E-state index in [1.807, 2.05) is 0 Å². The van der Waals surface area contributed by atoms with Crippen LogP contribution in [0.15, 0.2) is 24.0 Å². The molecule has 2 atom stereocenters. The van der Waals surface area contributed by atoms with E-state index in [9.17, 15) is 28.8 Å². The van der Waals surface area contributed by atoms with Gasteiger partial charge in [-0.15, -0.1) is 0 Å². The van der Waals surface area contributed by atoms with Crippen LogP contribution in [0.25, 0.3) is 6.08 Å². The number of pyridine rings is 1. The molecule has 1 aromatic rings. The highest BCUT2D eigenvalue weighted by Crippen LogP contribution is 2.23. The second-order valence-corrected chi connectivity index (χ2v) is 8.16. The Balaban J connectivity index is 0.000000248. The highest BCUT2D eigenvalue weighted by molar-refractivity contribution is 6.31. The largest absolute Gasteiger partial charge is 0.329 e. The molecule has 3 heterocycles. The van der Waals surface area contributed by atoms with Crippen LogP contribution in [0.5, 0.6) is 0 Å². The average Bonchev–Trinajstić information content (AvgIpc) is 2.77. The maximum Gasteiger partial charge on any atom is 0.270 e. The second kappa shape index (κ2) is 10.6. The van der Waals surface area contributed by atoms with Crippen molar-refractivity contribution in [2.45, 2.75) is 39.8 Å². The molecular formula is C22H26ClN5O6. The minimum atomic E-state index is -0.896. The maximum atomic E-state index is 12.2. The van der Waals surface area contributed by atoms with Crippen LogP contribution in [-0.2, 0) is 28.8 Å². The number of amides is 6. The zero-order valence-electron chi connectivity index (χ0n) is 19.7. The second-order valence-electron chi connectivity index (χ2n) is 7.80. The van der Waals surface area contributed by atoms with Gasteiger partial charge in [-0.2, -0.15) is 0 Å². The van der Waals surface area contributed by atoms with Gasteiger partial charge in [0.2, 0.25) is 23.6 Å². The van der Waals surface area contributed by atoms with E-state index in [-0.39, 0.29) is 18.4 Å². The molecule has 2 unspecified atom stereocenters. The van der Waals surface area contributed by atoms with E-state index in [1.165, 1.54) is 30.6 Å². The van der Waals surface area contributed by atoms with Gasteiger partial charge in [-0.25, -0.2) is 4.98 Å². The van der Waals surface area contributed by atoms with Gasteiger partial charge in [0, 0.05) is 39.7 Å². The Bertz CT molecular complexity index is 1090. The molecule has 34 heavy (non-hydrogen) atoms. The first kappa shape index (κ1) is 26.7. The van der Waals surface area contributed by atoms with Gasteiger partial charge >= 0.3 is 0 Å². The Morgan fingerprint density at radius 3 is 2.18 bits per heavy atom. The Morgan fingerprint density at radius 1 is 1.03 bits per heavy atom. The van der Waals surface area contributed by atoms with Crippen LogP contribution in [0.2, 0.25) is 5.15 Å². The molecule has 0 aliphatic carbocycles. The molecule has 2 saturated heterocycles. The molecule has 0 bridgehead atoms. The Kier molecular flexibility index (Phi) is 8.27. The normalized spacial score (nSPS) is 22.1. The molecule has 0 aromatic carbocycles. The molecule has 12 heteroatoms. The zero-order chi connectivity index (χ0) is 25.9. The smallest absolute Gasteiger partial charge is 0.270 e. The summed E-state index contributed by atoms with van der Waals surface area (Å²) < 4.78 is 0. The molecule has 11 nitrogen and oxygen atoms in total. The number of halogens is 1. The lowest BCUT2D eigenvalue weighted by Gasteiger charge is -2.36. The van der Waals surface area contributed by atoms with E-state index in [1.54, 1.807) is 45.4 Å². The summed E-state index contributed by atoms with van der Waals surface area (Å²) >= 11 is 5.96. The minimum absolute atomic E-state index is 0.131. The van der Waals surface area contributed by atoms with Gasteiger partial charge in [0.1, 0.15) is 29.5 Å². The number of rotatable bonds is 1. The molecule has 2 fully saturated rings. The van der Waals surface area contributed by atoms with E-state index in [2.05, 4.69) is 4.98 Å². The van der Waals surface area contributed by atoms with Gasteiger partial charge in [-0.3, -0.25) is 38.6 Å². The zero-order valence-corrected chi connectivity index (χ0v) is 20.5. The Morgan fingerprint density at radius 2 is 1.65 bits per heavy atom. The third-order valence-corrected chi connectivity index (χ3v) is 5.86. The van der Waals surface area contributed by atoms with Gasteiger partial charge in [-0.05, 0) is 26.0 Å². The summed E-state index contributed by atoms with van der Waals surface area (Å²) in [4.78, 5) is 77.8. The molecule has 182 valence electrons. The number of imide groups is 2. The van der Waals surface area contributed by atoms with Crippen molar-refractivity contribution >= 4 is 53.1 Å². The topological polar surface area (TPSA) is 128 Å². The summed E-state index contributed by atoms with van der Waals surface area (Å²) in [5, 5.41) is 0.296. The number of nitrogens with zero attached hydrogens (tertiary/aromatic N) is 5. The van der Waals surface area contributed by atoms with Gasteiger partial charge in [0.15, 0.2) is 0 Å².